The van der Waals surface area contributed by atoms with Crippen molar-refractivity contribution in [2.24, 2.45) is 4.99 Å². The molecule has 4 nitrogen and oxygen atoms in total. The van der Waals surface area contributed by atoms with Crippen molar-refractivity contribution in [3.63, 3.8) is 0 Å². The topological polar surface area (TPSA) is 53.5 Å². The van der Waals surface area contributed by atoms with Crippen LogP contribution >= 0.6 is 0 Å². The highest BCUT2D eigenvalue weighted by Crippen LogP contribution is 2.18. The van der Waals surface area contributed by atoms with Crippen LogP contribution in [0.1, 0.15) is 25.7 Å². The van der Waals surface area contributed by atoms with Gasteiger partial charge in [0.15, 0.2) is 0 Å². The van der Waals surface area contributed by atoms with Crippen LogP contribution in [-0.2, 0) is 4.79 Å². The van der Waals surface area contributed by atoms with E-state index in [2.05, 4.69) is 15.6 Å². The lowest BCUT2D eigenvalue weighted by atomic mass is 10.3. The van der Waals surface area contributed by atoms with Gasteiger partial charge in [-0.3, -0.25) is 9.79 Å². The molecule has 4 heteroatoms. The van der Waals surface area contributed by atoms with Crippen LogP contribution in [0.5, 0.6) is 0 Å². The molecule has 0 radical (unpaired) electrons. The molecule has 0 aromatic heterocycles. The van der Waals surface area contributed by atoms with E-state index in [1.807, 2.05) is 0 Å². The zero-order chi connectivity index (χ0) is 9.10. The van der Waals surface area contributed by atoms with E-state index < -0.39 is 0 Å². The van der Waals surface area contributed by atoms with Gasteiger partial charge >= 0.3 is 0 Å². The Morgan fingerprint density at radius 3 is 3.00 bits per heavy atom. The number of carbonyl (C=O) groups is 1. The van der Waals surface area contributed by atoms with Crippen molar-refractivity contribution in [3.8, 4) is 0 Å². The zero-order valence-corrected chi connectivity index (χ0v) is 7.68. The lowest BCUT2D eigenvalue weighted by Gasteiger charge is -2.05. The van der Waals surface area contributed by atoms with Crippen molar-refractivity contribution in [1.82, 2.24) is 10.6 Å². The lowest BCUT2D eigenvalue weighted by molar-refractivity contribution is -0.120. The summed E-state index contributed by atoms with van der Waals surface area (Å²) in [6.45, 7) is 1.29. The fraction of sp³-hybridized carbons (Fsp3) is 0.778. The Morgan fingerprint density at radius 1 is 1.54 bits per heavy atom. The minimum absolute atomic E-state index is 0.0945. The molecule has 0 atom stereocenters. The van der Waals surface area contributed by atoms with Gasteiger partial charge in [0.1, 0.15) is 0 Å². The van der Waals surface area contributed by atoms with Crippen LogP contribution in [0, 0.1) is 0 Å². The first kappa shape index (κ1) is 8.53. The third-order valence-corrected chi connectivity index (χ3v) is 2.27. The third-order valence-electron chi connectivity index (χ3n) is 2.27. The largest absolute Gasteiger partial charge is 0.365 e. The fourth-order valence-electron chi connectivity index (χ4n) is 1.37. The molecule has 0 unspecified atom stereocenters. The van der Waals surface area contributed by atoms with Crippen molar-refractivity contribution in [1.29, 1.82) is 0 Å². The number of carbonyl (C=O) groups excluding carboxylic acids is 1. The zero-order valence-electron chi connectivity index (χ0n) is 7.68. The molecule has 0 aromatic rings. The molecule has 13 heavy (non-hydrogen) atoms. The standard InChI is InChI=1S/C9H15N3O/c13-9(12-7-3-4-7)6-11-8-2-1-5-10-8/h7H,1-6H2,(H,10,11)(H,12,13). The summed E-state index contributed by atoms with van der Waals surface area (Å²) in [4.78, 5) is 15.4. The van der Waals surface area contributed by atoms with Crippen LogP contribution < -0.4 is 10.6 Å². The maximum absolute atomic E-state index is 11.2. The summed E-state index contributed by atoms with van der Waals surface area (Å²) in [5, 5.41) is 5.97. The van der Waals surface area contributed by atoms with E-state index in [1.54, 1.807) is 0 Å². The summed E-state index contributed by atoms with van der Waals surface area (Å²) in [6, 6.07) is 0.458. The number of amidine groups is 1. The summed E-state index contributed by atoms with van der Waals surface area (Å²) >= 11 is 0. The number of rotatable bonds is 3. The van der Waals surface area contributed by atoms with E-state index >= 15 is 0 Å². The second-order valence-corrected chi connectivity index (χ2v) is 3.63. The average Bonchev–Trinajstić information content (AvgIpc) is 2.78. The average molecular weight is 181 g/mol. The van der Waals surface area contributed by atoms with E-state index in [1.165, 1.54) is 0 Å². The first-order valence-electron chi connectivity index (χ1n) is 4.91. The van der Waals surface area contributed by atoms with Gasteiger partial charge in [0, 0.05) is 19.0 Å². The van der Waals surface area contributed by atoms with Gasteiger partial charge < -0.3 is 10.6 Å². The predicted octanol–water partition coefficient (Wildman–Crippen LogP) is 0.0469. The number of hydrogen-bond acceptors (Lipinski definition) is 3. The van der Waals surface area contributed by atoms with Gasteiger partial charge in [0.2, 0.25) is 5.91 Å². The minimum Gasteiger partial charge on any atom is -0.365 e. The fourth-order valence-corrected chi connectivity index (χ4v) is 1.37. The molecule has 1 saturated carbocycles. The van der Waals surface area contributed by atoms with Gasteiger partial charge in [-0.1, -0.05) is 0 Å². The molecule has 2 aliphatic rings. The van der Waals surface area contributed by atoms with Crippen molar-refractivity contribution in [2.45, 2.75) is 31.7 Å². The van der Waals surface area contributed by atoms with E-state index in [0.29, 0.717) is 12.6 Å². The molecule has 0 saturated heterocycles. The predicted molar refractivity (Wildman–Crippen MR) is 50.7 cm³/mol. The number of nitrogens with zero attached hydrogens (tertiary/aromatic N) is 1. The Balaban J connectivity index is 1.62. The van der Waals surface area contributed by atoms with Crippen LogP contribution in [0.2, 0.25) is 0 Å². The molecule has 72 valence electrons. The lowest BCUT2D eigenvalue weighted by Crippen LogP contribution is -2.37. The molecule has 2 rings (SSSR count). The van der Waals surface area contributed by atoms with Gasteiger partial charge in [-0.05, 0) is 19.3 Å². The van der Waals surface area contributed by atoms with Gasteiger partial charge in [-0.25, -0.2) is 0 Å². The van der Waals surface area contributed by atoms with Crippen LogP contribution in [0.4, 0.5) is 0 Å². The Kier molecular flexibility index (Phi) is 2.47. The van der Waals surface area contributed by atoms with Crippen LogP contribution in [0.3, 0.4) is 0 Å². The van der Waals surface area contributed by atoms with E-state index in [4.69, 9.17) is 0 Å². The van der Waals surface area contributed by atoms with Crippen LogP contribution in [0.15, 0.2) is 4.99 Å². The molecule has 0 bridgehead atoms. The van der Waals surface area contributed by atoms with Crippen LogP contribution in [0.25, 0.3) is 0 Å². The number of nitrogens with one attached hydrogen (secondary N) is 2. The Bertz CT molecular complexity index is 233. The highest BCUT2D eigenvalue weighted by Gasteiger charge is 2.23. The highest BCUT2D eigenvalue weighted by molar-refractivity contribution is 5.88. The summed E-state index contributed by atoms with van der Waals surface area (Å²) in [7, 11) is 0. The number of amides is 1. The summed E-state index contributed by atoms with van der Waals surface area (Å²) in [5.74, 6) is 1.09. The maximum atomic E-state index is 11.2. The van der Waals surface area contributed by atoms with Gasteiger partial charge in [-0.15, -0.1) is 0 Å². The molecule has 1 heterocycles. The van der Waals surface area contributed by atoms with Gasteiger partial charge in [-0.2, -0.15) is 0 Å². The van der Waals surface area contributed by atoms with Crippen molar-refractivity contribution in [2.75, 3.05) is 13.1 Å². The van der Waals surface area contributed by atoms with Gasteiger partial charge in [0.05, 0.1) is 12.4 Å². The second kappa shape index (κ2) is 3.77. The molecule has 1 aliphatic heterocycles. The minimum atomic E-state index is 0.0945. The molecular formula is C9H15N3O. The molecule has 1 fully saturated rings. The monoisotopic (exact) mass is 181 g/mol. The normalized spacial score (nSPS) is 21.1. The SMILES string of the molecule is O=C(CNC1=NCCC1)NC1CC1. The van der Waals surface area contributed by atoms with Crippen molar-refractivity contribution < 1.29 is 4.79 Å². The second-order valence-electron chi connectivity index (χ2n) is 3.63. The van der Waals surface area contributed by atoms with E-state index in [9.17, 15) is 4.79 Å². The molecular weight excluding hydrogens is 166 g/mol. The molecule has 0 aromatic carbocycles. The van der Waals surface area contributed by atoms with E-state index in [-0.39, 0.29) is 5.91 Å². The maximum Gasteiger partial charge on any atom is 0.239 e. The van der Waals surface area contributed by atoms with Crippen molar-refractivity contribution >= 4 is 11.7 Å². The summed E-state index contributed by atoms with van der Waals surface area (Å²) in [6.07, 6.45) is 4.41. The number of hydrogen-bond donors (Lipinski definition) is 2. The van der Waals surface area contributed by atoms with Crippen molar-refractivity contribution in [3.05, 3.63) is 0 Å². The van der Waals surface area contributed by atoms with Gasteiger partial charge in [0.25, 0.3) is 0 Å². The summed E-state index contributed by atoms with van der Waals surface area (Å²) < 4.78 is 0. The first-order chi connectivity index (χ1) is 6.34. The molecule has 1 aliphatic carbocycles. The quantitative estimate of drug-likeness (QED) is 0.646. The molecule has 2 N–H and O–H groups in total. The first-order valence-corrected chi connectivity index (χ1v) is 4.91. The van der Waals surface area contributed by atoms with E-state index in [0.717, 1.165) is 38.1 Å². The molecule has 1 amide bonds. The summed E-state index contributed by atoms with van der Waals surface area (Å²) in [5.41, 5.74) is 0. The molecule has 0 spiro atoms. The Hall–Kier alpha value is -1.06. The Labute approximate surface area is 77.8 Å². The smallest absolute Gasteiger partial charge is 0.239 e. The highest BCUT2D eigenvalue weighted by atomic mass is 16.2. The number of aliphatic imine (C=N–C) groups is 1. The third kappa shape index (κ3) is 2.72. The van der Waals surface area contributed by atoms with Crippen LogP contribution in [-0.4, -0.2) is 30.9 Å². The Morgan fingerprint density at radius 2 is 2.38 bits per heavy atom.